The van der Waals surface area contributed by atoms with Crippen LogP contribution < -0.4 is 15.4 Å². The van der Waals surface area contributed by atoms with Crippen molar-refractivity contribution in [2.24, 2.45) is 4.99 Å². The number of hydrogen-bond acceptors (Lipinski definition) is 2. The number of aliphatic imine (C=N–C) groups is 1. The van der Waals surface area contributed by atoms with Crippen LogP contribution in [-0.2, 0) is 0 Å². The molecule has 0 radical (unpaired) electrons. The molecule has 2 rings (SSSR count). The highest BCUT2D eigenvalue weighted by Crippen LogP contribution is 2.17. The molecule has 1 aliphatic rings. The number of aryl methyl sites for hydroxylation is 1. The van der Waals surface area contributed by atoms with E-state index in [2.05, 4.69) is 41.6 Å². The quantitative estimate of drug-likeness (QED) is 0.438. The fourth-order valence-electron chi connectivity index (χ4n) is 2.59. The summed E-state index contributed by atoms with van der Waals surface area (Å²) in [5, 5.41) is 6.82. The van der Waals surface area contributed by atoms with Gasteiger partial charge in [-0.25, -0.2) is 0 Å². The normalized spacial score (nSPS) is 16.8. The monoisotopic (exact) mass is 417 g/mol. The highest BCUT2D eigenvalue weighted by atomic mass is 127. The predicted octanol–water partition coefficient (Wildman–Crippen LogP) is 3.49. The third kappa shape index (κ3) is 6.42. The van der Waals surface area contributed by atoms with Crippen molar-refractivity contribution < 1.29 is 4.74 Å². The topological polar surface area (TPSA) is 45.7 Å². The van der Waals surface area contributed by atoms with E-state index in [0.29, 0.717) is 6.04 Å². The van der Waals surface area contributed by atoms with Crippen LogP contribution in [0.15, 0.2) is 29.3 Å². The maximum Gasteiger partial charge on any atom is 0.191 e. The molecule has 1 aliphatic carbocycles. The van der Waals surface area contributed by atoms with Gasteiger partial charge in [-0.3, -0.25) is 4.99 Å². The van der Waals surface area contributed by atoms with Crippen LogP contribution in [0.5, 0.6) is 5.75 Å². The molecule has 1 atom stereocenters. The van der Waals surface area contributed by atoms with Crippen molar-refractivity contribution in [2.45, 2.75) is 51.7 Å². The Balaban J connectivity index is 0.00000242. The summed E-state index contributed by atoms with van der Waals surface area (Å²) in [5.74, 6) is 1.79. The third-order valence-electron chi connectivity index (χ3n) is 3.83. The van der Waals surface area contributed by atoms with Crippen LogP contribution in [0.4, 0.5) is 0 Å². The van der Waals surface area contributed by atoms with Gasteiger partial charge in [-0.1, -0.05) is 30.5 Å². The van der Waals surface area contributed by atoms with Gasteiger partial charge in [-0.2, -0.15) is 0 Å². The Morgan fingerprint density at radius 2 is 1.91 bits per heavy atom. The van der Waals surface area contributed by atoms with Gasteiger partial charge in [0.25, 0.3) is 0 Å². The second-order valence-corrected chi connectivity index (χ2v) is 5.82. The molecule has 5 heteroatoms. The maximum absolute atomic E-state index is 5.89. The maximum atomic E-state index is 5.89. The number of nitrogens with zero attached hydrogens (tertiary/aromatic N) is 1. The number of rotatable bonds is 5. The molecular formula is C17H28IN3O. The van der Waals surface area contributed by atoms with Crippen molar-refractivity contribution in [1.29, 1.82) is 0 Å². The predicted molar refractivity (Wildman–Crippen MR) is 103 cm³/mol. The second-order valence-electron chi connectivity index (χ2n) is 5.82. The van der Waals surface area contributed by atoms with Crippen LogP contribution in [0.2, 0.25) is 0 Å². The van der Waals surface area contributed by atoms with Crippen LogP contribution in [0.3, 0.4) is 0 Å². The van der Waals surface area contributed by atoms with Gasteiger partial charge in [-0.15, -0.1) is 24.0 Å². The standard InChI is InChI=1S/C17H27N3O.HI/c1-13-8-10-16(11-9-13)21-14(2)12-19-17(18-3)20-15-6-4-5-7-15;/h8-11,14-15H,4-7,12H2,1-3H3,(H2,18,19,20);1H. The number of halogens is 1. The molecule has 0 bridgehead atoms. The van der Waals surface area contributed by atoms with Crippen LogP contribution in [0.1, 0.15) is 38.2 Å². The zero-order valence-electron chi connectivity index (χ0n) is 13.8. The van der Waals surface area contributed by atoms with E-state index in [9.17, 15) is 0 Å². The van der Waals surface area contributed by atoms with E-state index in [1.165, 1.54) is 31.2 Å². The molecule has 1 saturated carbocycles. The summed E-state index contributed by atoms with van der Waals surface area (Å²) in [6.07, 6.45) is 5.23. The van der Waals surface area contributed by atoms with Crippen molar-refractivity contribution in [1.82, 2.24) is 10.6 Å². The number of guanidine groups is 1. The summed E-state index contributed by atoms with van der Waals surface area (Å²) in [5.41, 5.74) is 1.24. The summed E-state index contributed by atoms with van der Waals surface area (Å²) in [4.78, 5) is 4.28. The minimum absolute atomic E-state index is 0. The Morgan fingerprint density at radius 1 is 1.27 bits per heavy atom. The first kappa shape index (κ1) is 19.1. The van der Waals surface area contributed by atoms with Gasteiger partial charge in [-0.05, 0) is 38.8 Å². The lowest BCUT2D eigenvalue weighted by Gasteiger charge is -2.20. The van der Waals surface area contributed by atoms with Gasteiger partial charge in [0.15, 0.2) is 5.96 Å². The van der Waals surface area contributed by atoms with Crippen LogP contribution in [0.25, 0.3) is 0 Å². The molecule has 0 aliphatic heterocycles. The molecule has 0 aromatic heterocycles. The van der Waals surface area contributed by atoms with E-state index in [-0.39, 0.29) is 30.1 Å². The summed E-state index contributed by atoms with van der Waals surface area (Å²) in [6.45, 7) is 4.88. The fourth-order valence-corrected chi connectivity index (χ4v) is 2.59. The SMILES string of the molecule is CN=C(NCC(C)Oc1ccc(C)cc1)NC1CCCC1.I. The van der Waals surface area contributed by atoms with Crippen LogP contribution in [-0.4, -0.2) is 31.7 Å². The zero-order chi connectivity index (χ0) is 15.1. The second kappa shape index (κ2) is 9.92. The average Bonchev–Trinajstić information content (AvgIpc) is 2.99. The zero-order valence-corrected chi connectivity index (χ0v) is 16.1. The van der Waals surface area contributed by atoms with Gasteiger partial charge in [0.05, 0.1) is 6.54 Å². The fraction of sp³-hybridized carbons (Fsp3) is 0.588. The van der Waals surface area contributed by atoms with E-state index in [4.69, 9.17) is 4.74 Å². The van der Waals surface area contributed by atoms with Crippen molar-refractivity contribution in [2.75, 3.05) is 13.6 Å². The van der Waals surface area contributed by atoms with Crippen LogP contribution >= 0.6 is 24.0 Å². The van der Waals surface area contributed by atoms with E-state index < -0.39 is 0 Å². The first-order chi connectivity index (χ1) is 10.2. The van der Waals surface area contributed by atoms with Gasteiger partial charge in [0, 0.05) is 13.1 Å². The Hall–Kier alpha value is -0.980. The van der Waals surface area contributed by atoms with Gasteiger partial charge in [0.2, 0.25) is 0 Å². The molecule has 0 amide bonds. The summed E-state index contributed by atoms with van der Waals surface area (Å²) >= 11 is 0. The van der Waals surface area contributed by atoms with E-state index in [0.717, 1.165) is 18.3 Å². The summed E-state index contributed by atoms with van der Waals surface area (Å²) < 4.78 is 5.89. The van der Waals surface area contributed by atoms with Crippen molar-refractivity contribution in [3.63, 3.8) is 0 Å². The highest BCUT2D eigenvalue weighted by molar-refractivity contribution is 14.0. The third-order valence-corrected chi connectivity index (χ3v) is 3.83. The summed E-state index contributed by atoms with van der Waals surface area (Å²) in [7, 11) is 1.82. The minimum atomic E-state index is 0. The number of hydrogen-bond donors (Lipinski definition) is 2. The van der Waals surface area contributed by atoms with Crippen molar-refractivity contribution >= 4 is 29.9 Å². The molecule has 0 heterocycles. The minimum Gasteiger partial charge on any atom is -0.489 e. The average molecular weight is 417 g/mol. The molecule has 0 saturated heterocycles. The van der Waals surface area contributed by atoms with Crippen LogP contribution in [0, 0.1) is 6.92 Å². The lowest BCUT2D eigenvalue weighted by Crippen LogP contribution is -2.45. The molecule has 0 spiro atoms. The van der Waals surface area contributed by atoms with Crippen molar-refractivity contribution in [3.05, 3.63) is 29.8 Å². The Morgan fingerprint density at radius 3 is 2.50 bits per heavy atom. The Bertz CT molecular complexity index is 455. The molecule has 1 aromatic carbocycles. The number of nitrogens with one attached hydrogen (secondary N) is 2. The Labute approximate surface area is 151 Å². The number of benzene rings is 1. The van der Waals surface area contributed by atoms with Crippen molar-refractivity contribution in [3.8, 4) is 5.75 Å². The van der Waals surface area contributed by atoms with E-state index in [1.807, 2.05) is 19.2 Å². The largest absolute Gasteiger partial charge is 0.489 e. The lowest BCUT2D eigenvalue weighted by molar-refractivity contribution is 0.223. The van der Waals surface area contributed by atoms with Gasteiger partial charge in [0.1, 0.15) is 11.9 Å². The molecule has 22 heavy (non-hydrogen) atoms. The molecule has 1 fully saturated rings. The van der Waals surface area contributed by atoms with Gasteiger partial charge < -0.3 is 15.4 Å². The smallest absolute Gasteiger partial charge is 0.191 e. The molecule has 124 valence electrons. The van der Waals surface area contributed by atoms with E-state index >= 15 is 0 Å². The molecule has 4 nitrogen and oxygen atoms in total. The van der Waals surface area contributed by atoms with E-state index in [1.54, 1.807) is 0 Å². The molecular weight excluding hydrogens is 389 g/mol. The lowest BCUT2D eigenvalue weighted by atomic mass is 10.2. The first-order valence-corrected chi connectivity index (χ1v) is 7.88. The number of ether oxygens (including phenoxy) is 1. The van der Waals surface area contributed by atoms with Gasteiger partial charge >= 0.3 is 0 Å². The first-order valence-electron chi connectivity index (χ1n) is 7.88. The molecule has 1 unspecified atom stereocenters. The Kier molecular flexibility index (Phi) is 8.60. The molecule has 1 aromatic rings. The highest BCUT2D eigenvalue weighted by Gasteiger charge is 2.16. The molecule has 2 N–H and O–H groups in total. The summed E-state index contributed by atoms with van der Waals surface area (Å²) in [6, 6.07) is 8.73.